The molecule has 1 aliphatic rings. The summed E-state index contributed by atoms with van der Waals surface area (Å²) in [6.45, 7) is 0. The molecule has 152 valence electrons. The van der Waals surface area contributed by atoms with Crippen LogP contribution in [0.2, 0.25) is 5.02 Å². The smallest absolute Gasteiger partial charge is 0.257 e. The first-order valence-corrected chi connectivity index (χ1v) is 10.4. The van der Waals surface area contributed by atoms with Crippen molar-refractivity contribution >= 4 is 52.1 Å². The summed E-state index contributed by atoms with van der Waals surface area (Å²) in [6, 6.07) is 16.9. The third kappa shape index (κ3) is 4.43. The number of aromatic nitrogens is 1. The fourth-order valence-corrected chi connectivity index (χ4v) is 3.69. The third-order valence-electron chi connectivity index (χ3n) is 4.67. The van der Waals surface area contributed by atoms with Crippen molar-refractivity contribution in [1.82, 2.24) is 4.98 Å². The molecule has 4 rings (SSSR count). The summed E-state index contributed by atoms with van der Waals surface area (Å²) < 4.78 is 0. The maximum absolute atomic E-state index is 11.7. The van der Waals surface area contributed by atoms with Gasteiger partial charge in [-0.2, -0.15) is 0 Å². The number of pyridine rings is 1. The predicted octanol–water partition coefficient (Wildman–Crippen LogP) is 6.01. The number of carbonyl (C=O) groups excluding carboxylic acids is 1. The summed E-state index contributed by atoms with van der Waals surface area (Å²) in [5.74, 6) is -0.489. The quantitative estimate of drug-likeness (QED) is 0.474. The second-order valence-corrected chi connectivity index (χ2v) is 8.16. The Kier molecular flexibility index (Phi) is 6.23. The summed E-state index contributed by atoms with van der Waals surface area (Å²) in [4.78, 5) is 20.5. The van der Waals surface area contributed by atoms with Gasteiger partial charge in [0.1, 0.15) is 0 Å². The molecule has 0 aliphatic carbocycles. The van der Waals surface area contributed by atoms with Crippen molar-refractivity contribution in [2.45, 2.75) is 17.4 Å². The average molecular weight is 461 g/mol. The van der Waals surface area contributed by atoms with Crippen molar-refractivity contribution in [1.29, 1.82) is 0 Å². The molecule has 0 saturated heterocycles. The van der Waals surface area contributed by atoms with Gasteiger partial charge in [0.15, 0.2) is 10.9 Å². The van der Waals surface area contributed by atoms with Crippen molar-refractivity contribution < 1.29 is 9.63 Å². The lowest BCUT2D eigenvalue weighted by molar-refractivity contribution is -0.114. The van der Waals surface area contributed by atoms with Gasteiger partial charge in [-0.3, -0.25) is 9.78 Å². The fourth-order valence-electron chi connectivity index (χ4n) is 3.30. The monoisotopic (exact) mass is 459 g/mol. The van der Waals surface area contributed by atoms with E-state index in [4.69, 9.17) is 39.6 Å². The van der Waals surface area contributed by atoms with Crippen LogP contribution in [0.3, 0.4) is 0 Å². The summed E-state index contributed by atoms with van der Waals surface area (Å²) in [5, 5.41) is 7.57. The van der Waals surface area contributed by atoms with Gasteiger partial charge in [0.05, 0.1) is 10.7 Å². The standard InChI is InChI=1S/C22H16Cl3N3O2/c23-17-8-2-7-16(14-5-3-9-26-12-14)20(17)18-11-19(30-28-18)13-4-1-6-15(10-13)27-22(29)21(24)25/h1-10,12,19,21H,11H2,(H,27,29). The third-order valence-corrected chi connectivity index (χ3v) is 5.38. The number of anilines is 1. The molecule has 0 spiro atoms. The van der Waals surface area contributed by atoms with E-state index < -0.39 is 10.7 Å². The van der Waals surface area contributed by atoms with Gasteiger partial charge in [-0.15, -0.1) is 0 Å². The van der Waals surface area contributed by atoms with Crippen LogP contribution >= 0.6 is 34.8 Å². The molecule has 1 amide bonds. The molecule has 5 nitrogen and oxygen atoms in total. The lowest BCUT2D eigenvalue weighted by Crippen LogP contribution is -2.18. The normalized spacial score (nSPS) is 15.6. The van der Waals surface area contributed by atoms with E-state index in [0.717, 1.165) is 28.0 Å². The SMILES string of the molecule is O=C(Nc1cccc(C2CC(c3c(Cl)cccc3-c3cccnc3)=NO2)c1)C(Cl)Cl. The lowest BCUT2D eigenvalue weighted by atomic mass is 9.94. The summed E-state index contributed by atoms with van der Waals surface area (Å²) >= 11 is 17.7. The molecule has 0 fully saturated rings. The minimum absolute atomic E-state index is 0.308. The molecule has 2 aromatic carbocycles. The Balaban J connectivity index is 1.58. The van der Waals surface area contributed by atoms with E-state index in [-0.39, 0.29) is 6.10 Å². The van der Waals surface area contributed by atoms with E-state index in [1.807, 2.05) is 48.5 Å². The molecule has 1 atom stereocenters. The van der Waals surface area contributed by atoms with Crippen LogP contribution in [-0.2, 0) is 9.63 Å². The first kappa shape index (κ1) is 20.7. The summed E-state index contributed by atoms with van der Waals surface area (Å²) in [7, 11) is 0. The van der Waals surface area contributed by atoms with Crippen LogP contribution in [0.15, 0.2) is 72.1 Å². The van der Waals surface area contributed by atoms with Gasteiger partial charge in [0.2, 0.25) is 0 Å². The van der Waals surface area contributed by atoms with Gasteiger partial charge < -0.3 is 10.2 Å². The number of nitrogens with zero attached hydrogens (tertiary/aromatic N) is 2. The van der Waals surface area contributed by atoms with Crippen LogP contribution in [0.5, 0.6) is 0 Å². The number of rotatable bonds is 5. The molecule has 0 bridgehead atoms. The number of carbonyl (C=O) groups is 1. The molecular weight excluding hydrogens is 445 g/mol. The zero-order valence-corrected chi connectivity index (χ0v) is 17.8. The van der Waals surface area contributed by atoms with E-state index in [1.165, 1.54) is 0 Å². The number of hydrogen-bond donors (Lipinski definition) is 1. The largest absolute Gasteiger partial charge is 0.387 e. The molecule has 1 aliphatic heterocycles. The van der Waals surface area contributed by atoms with Crippen LogP contribution in [0, 0.1) is 0 Å². The summed E-state index contributed by atoms with van der Waals surface area (Å²) in [5.41, 5.74) is 4.90. The van der Waals surface area contributed by atoms with Crippen molar-refractivity contribution in [2.24, 2.45) is 5.16 Å². The number of amides is 1. The van der Waals surface area contributed by atoms with E-state index in [0.29, 0.717) is 17.1 Å². The second kappa shape index (κ2) is 9.04. The molecule has 8 heteroatoms. The van der Waals surface area contributed by atoms with Gasteiger partial charge >= 0.3 is 0 Å². The number of alkyl halides is 2. The topological polar surface area (TPSA) is 63.6 Å². The zero-order chi connectivity index (χ0) is 21.1. The Morgan fingerprint density at radius 2 is 1.97 bits per heavy atom. The van der Waals surface area contributed by atoms with Crippen LogP contribution in [0.25, 0.3) is 11.1 Å². The Morgan fingerprint density at radius 1 is 1.13 bits per heavy atom. The number of oxime groups is 1. The number of benzene rings is 2. The molecule has 1 aromatic heterocycles. The Morgan fingerprint density at radius 3 is 2.73 bits per heavy atom. The van der Waals surface area contributed by atoms with Gasteiger partial charge in [-0.1, -0.05) is 70.3 Å². The Hall–Kier alpha value is -2.60. The van der Waals surface area contributed by atoms with E-state index >= 15 is 0 Å². The Labute approximate surface area is 188 Å². The zero-order valence-electron chi connectivity index (χ0n) is 15.6. The van der Waals surface area contributed by atoms with E-state index in [2.05, 4.69) is 15.5 Å². The van der Waals surface area contributed by atoms with Crippen molar-refractivity contribution in [3.8, 4) is 11.1 Å². The molecule has 1 unspecified atom stereocenters. The minimum Gasteiger partial charge on any atom is -0.387 e. The fraction of sp³-hybridized carbons (Fsp3) is 0.136. The first-order chi connectivity index (χ1) is 14.5. The number of halogens is 3. The van der Waals surface area contributed by atoms with Crippen LogP contribution in [-0.4, -0.2) is 21.4 Å². The molecular formula is C22H16Cl3N3O2. The van der Waals surface area contributed by atoms with Crippen LogP contribution in [0.4, 0.5) is 5.69 Å². The maximum Gasteiger partial charge on any atom is 0.257 e. The summed E-state index contributed by atoms with van der Waals surface area (Å²) in [6.07, 6.45) is 3.73. The lowest BCUT2D eigenvalue weighted by Gasteiger charge is -2.13. The molecule has 1 N–H and O–H groups in total. The number of hydrogen-bond acceptors (Lipinski definition) is 4. The highest BCUT2D eigenvalue weighted by Gasteiger charge is 2.27. The van der Waals surface area contributed by atoms with Crippen LogP contribution < -0.4 is 5.32 Å². The number of nitrogens with one attached hydrogen (secondary N) is 1. The molecule has 3 aromatic rings. The van der Waals surface area contributed by atoms with Crippen molar-refractivity contribution in [3.63, 3.8) is 0 Å². The maximum atomic E-state index is 11.7. The molecule has 0 saturated carbocycles. The highest BCUT2D eigenvalue weighted by Crippen LogP contribution is 2.36. The van der Waals surface area contributed by atoms with Gasteiger partial charge in [-0.05, 0) is 35.4 Å². The van der Waals surface area contributed by atoms with E-state index in [9.17, 15) is 4.79 Å². The van der Waals surface area contributed by atoms with Crippen molar-refractivity contribution in [3.05, 3.63) is 83.1 Å². The van der Waals surface area contributed by atoms with Crippen molar-refractivity contribution in [2.75, 3.05) is 5.32 Å². The highest BCUT2D eigenvalue weighted by atomic mass is 35.5. The predicted molar refractivity (Wildman–Crippen MR) is 120 cm³/mol. The van der Waals surface area contributed by atoms with Gasteiger partial charge in [0.25, 0.3) is 5.91 Å². The average Bonchev–Trinajstić information content (AvgIpc) is 3.24. The molecule has 30 heavy (non-hydrogen) atoms. The Bertz CT molecular complexity index is 1100. The van der Waals surface area contributed by atoms with Gasteiger partial charge in [-0.25, -0.2) is 0 Å². The molecule has 2 heterocycles. The highest BCUT2D eigenvalue weighted by molar-refractivity contribution is 6.54. The minimum atomic E-state index is -1.14. The van der Waals surface area contributed by atoms with Crippen LogP contribution in [0.1, 0.15) is 23.7 Å². The van der Waals surface area contributed by atoms with E-state index in [1.54, 1.807) is 18.5 Å². The van der Waals surface area contributed by atoms with Gasteiger partial charge in [0, 0.05) is 35.6 Å². The second-order valence-electron chi connectivity index (χ2n) is 6.66. The molecule has 0 radical (unpaired) electrons. The first-order valence-electron chi connectivity index (χ1n) is 9.14.